The highest BCUT2D eigenvalue weighted by Gasteiger charge is 2.43. The standard InChI is InChI=1S/C33H68O8Si2/c1-9-34-42(35-10-2,36-11-3)23-19-15-17-21-33(27-31-25-29(7)40-31,28-32-26-30(8)41-32)22-18-16-20-24-43(37-12-4,38-13-5)39-14-6/h29-32H,9-28H2,1-8H3. The quantitative estimate of drug-likeness (QED) is 0.0619. The topological polar surface area (TPSA) is 73.8 Å². The maximum Gasteiger partial charge on any atom is 0.500 e. The van der Waals surface area contributed by atoms with Gasteiger partial charge in [-0.25, -0.2) is 0 Å². The lowest BCUT2D eigenvalue weighted by Crippen LogP contribution is -2.46. The molecule has 2 aliphatic heterocycles. The third-order valence-electron chi connectivity index (χ3n) is 8.93. The molecule has 43 heavy (non-hydrogen) atoms. The molecule has 0 bridgehead atoms. The lowest BCUT2D eigenvalue weighted by molar-refractivity contribution is -0.159. The number of unbranched alkanes of at least 4 members (excludes halogenated alkanes) is 4. The van der Waals surface area contributed by atoms with Crippen molar-refractivity contribution in [1.29, 1.82) is 0 Å². The average molecular weight is 649 g/mol. The van der Waals surface area contributed by atoms with Crippen molar-refractivity contribution in [3.05, 3.63) is 0 Å². The smallest absolute Gasteiger partial charge is 0.375 e. The van der Waals surface area contributed by atoms with E-state index in [0.717, 1.165) is 37.8 Å². The first-order valence-corrected chi connectivity index (χ1v) is 21.7. The minimum absolute atomic E-state index is 0.248. The molecule has 0 N–H and O–H groups in total. The van der Waals surface area contributed by atoms with Crippen molar-refractivity contribution < 1.29 is 36.0 Å². The average Bonchev–Trinajstić information content (AvgIpc) is 2.92. The van der Waals surface area contributed by atoms with Crippen LogP contribution >= 0.6 is 0 Å². The molecule has 0 aromatic carbocycles. The summed E-state index contributed by atoms with van der Waals surface area (Å²) in [5.41, 5.74) is 0.248. The normalized spacial score (nSPS) is 22.9. The van der Waals surface area contributed by atoms with Crippen LogP contribution in [-0.2, 0) is 36.0 Å². The molecule has 4 atom stereocenters. The van der Waals surface area contributed by atoms with E-state index in [0.29, 0.717) is 64.1 Å². The highest BCUT2D eigenvalue weighted by molar-refractivity contribution is 6.61. The van der Waals surface area contributed by atoms with Crippen LogP contribution in [0.15, 0.2) is 0 Å². The van der Waals surface area contributed by atoms with E-state index in [1.165, 1.54) is 51.4 Å². The summed E-state index contributed by atoms with van der Waals surface area (Å²) >= 11 is 0. The van der Waals surface area contributed by atoms with Gasteiger partial charge in [0, 0.05) is 51.7 Å². The van der Waals surface area contributed by atoms with Crippen molar-refractivity contribution in [2.24, 2.45) is 5.41 Å². The van der Waals surface area contributed by atoms with E-state index in [-0.39, 0.29) is 5.41 Å². The van der Waals surface area contributed by atoms with Gasteiger partial charge in [-0.2, -0.15) is 0 Å². The predicted molar refractivity (Wildman–Crippen MR) is 177 cm³/mol. The zero-order valence-corrected chi connectivity index (χ0v) is 31.2. The van der Waals surface area contributed by atoms with E-state index < -0.39 is 17.6 Å². The van der Waals surface area contributed by atoms with Crippen molar-refractivity contribution in [1.82, 2.24) is 0 Å². The van der Waals surface area contributed by atoms with E-state index in [1.54, 1.807) is 0 Å². The Labute approximate surface area is 267 Å². The van der Waals surface area contributed by atoms with Crippen molar-refractivity contribution in [3.8, 4) is 0 Å². The van der Waals surface area contributed by atoms with Crippen LogP contribution in [0.4, 0.5) is 0 Å². The summed E-state index contributed by atoms with van der Waals surface area (Å²) in [7, 11) is -5.17. The summed E-state index contributed by atoms with van der Waals surface area (Å²) < 4.78 is 49.1. The van der Waals surface area contributed by atoms with Gasteiger partial charge in [-0.3, -0.25) is 0 Å². The third kappa shape index (κ3) is 13.8. The summed E-state index contributed by atoms with van der Waals surface area (Å²) in [4.78, 5) is 0. The van der Waals surface area contributed by atoms with E-state index in [4.69, 9.17) is 36.0 Å². The zero-order valence-electron chi connectivity index (χ0n) is 29.2. The second kappa shape index (κ2) is 21.1. The molecule has 2 fully saturated rings. The van der Waals surface area contributed by atoms with Gasteiger partial charge >= 0.3 is 17.6 Å². The molecule has 0 spiro atoms. The van der Waals surface area contributed by atoms with Gasteiger partial charge in [0.2, 0.25) is 0 Å². The van der Waals surface area contributed by atoms with Crippen LogP contribution in [0.3, 0.4) is 0 Å². The Morgan fingerprint density at radius 3 is 1.07 bits per heavy atom. The van der Waals surface area contributed by atoms with E-state index in [2.05, 4.69) is 13.8 Å². The van der Waals surface area contributed by atoms with Gasteiger partial charge < -0.3 is 36.0 Å². The second-order valence-electron chi connectivity index (χ2n) is 12.6. The van der Waals surface area contributed by atoms with Gasteiger partial charge in [0.1, 0.15) is 0 Å². The van der Waals surface area contributed by atoms with E-state index in [9.17, 15) is 0 Å². The SMILES string of the molecule is CCO[Si](CCCCCC(CCCCC[Si](OCC)(OCC)OCC)(CC1CC(C)O1)CC1CC(C)O1)(OCC)OCC. The van der Waals surface area contributed by atoms with Gasteiger partial charge in [0.05, 0.1) is 24.4 Å². The summed E-state index contributed by atoms with van der Waals surface area (Å²) in [6, 6.07) is 1.79. The Hall–Kier alpha value is 0.114. The van der Waals surface area contributed by atoms with Crippen LogP contribution < -0.4 is 0 Å². The number of ether oxygens (including phenoxy) is 2. The molecule has 256 valence electrons. The molecule has 0 saturated carbocycles. The number of hydrogen-bond acceptors (Lipinski definition) is 8. The molecular formula is C33H68O8Si2. The van der Waals surface area contributed by atoms with Crippen LogP contribution in [0.2, 0.25) is 12.1 Å². The predicted octanol–water partition coefficient (Wildman–Crippen LogP) is 8.33. The van der Waals surface area contributed by atoms with Gasteiger partial charge in [0.15, 0.2) is 0 Å². The molecule has 2 heterocycles. The first-order valence-electron chi connectivity index (χ1n) is 17.9. The maximum absolute atomic E-state index is 6.23. The summed E-state index contributed by atoms with van der Waals surface area (Å²) in [6.45, 7) is 20.4. The molecule has 4 unspecified atom stereocenters. The molecule has 2 rings (SSSR count). The van der Waals surface area contributed by atoms with Crippen LogP contribution in [0, 0.1) is 5.41 Å². The highest BCUT2D eigenvalue weighted by Crippen LogP contribution is 2.47. The second-order valence-corrected chi connectivity index (χ2v) is 18.1. The molecule has 0 aromatic heterocycles. The van der Waals surface area contributed by atoms with Crippen molar-refractivity contribution in [3.63, 3.8) is 0 Å². The molecule has 0 radical (unpaired) electrons. The lowest BCUT2D eigenvalue weighted by atomic mass is 9.68. The van der Waals surface area contributed by atoms with Crippen molar-refractivity contribution in [2.75, 3.05) is 39.6 Å². The largest absolute Gasteiger partial charge is 0.500 e. The molecule has 8 nitrogen and oxygen atoms in total. The van der Waals surface area contributed by atoms with Gasteiger partial charge in [-0.1, -0.05) is 25.7 Å². The Morgan fingerprint density at radius 2 is 0.814 bits per heavy atom. The first-order chi connectivity index (χ1) is 20.7. The van der Waals surface area contributed by atoms with Crippen molar-refractivity contribution in [2.45, 2.75) is 169 Å². The van der Waals surface area contributed by atoms with Gasteiger partial charge in [-0.15, -0.1) is 0 Å². The van der Waals surface area contributed by atoms with Crippen LogP contribution in [0.1, 0.15) is 132 Å². The summed E-state index contributed by atoms with van der Waals surface area (Å²) in [5.74, 6) is 0. The van der Waals surface area contributed by atoms with E-state index >= 15 is 0 Å². The van der Waals surface area contributed by atoms with Gasteiger partial charge in [0.25, 0.3) is 0 Å². The maximum atomic E-state index is 6.23. The van der Waals surface area contributed by atoms with Gasteiger partial charge in [-0.05, 0) is 112 Å². The van der Waals surface area contributed by atoms with Crippen LogP contribution in [-0.4, -0.2) is 81.7 Å². The minimum atomic E-state index is -2.58. The number of hydrogen-bond donors (Lipinski definition) is 0. The molecular weight excluding hydrogens is 581 g/mol. The molecule has 2 aliphatic rings. The van der Waals surface area contributed by atoms with Crippen molar-refractivity contribution >= 4 is 17.6 Å². The molecule has 10 heteroatoms. The molecule has 0 aliphatic carbocycles. The lowest BCUT2D eigenvalue weighted by Gasteiger charge is -2.46. The molecule has 0 aromatic rings. The highest BCUT2D eigenvalue weighted by atomic mass is 28.4. The fraction of sp³-hybridized carbons (Fsp3) is 1.00. The Morgan fingerprint density at radius 1 is 0.512 bits per heavy atom. The minimum Gasteiger partial charge on any atom is -0.375 e. The first kappa shape index (κ1) is 39.3. The monoisotopic (exact) mass is 648 g/mol. The van der Waals surface area contributed by atoms with Crippen LogP contribution in [0.25, 0.3) is 0 Å². The Balaban J connectivity index is 2.02. The van der Waals surface area contributed by atoms with E-state index in [1.807, 2.05) is 41.5 Å². The summed E-state index contributed by atoms with van der Waals surface area (Å²) in [5, 5.41) is 0. The van der Waals surface area contributed by atoms with Crippen LogP contribution in [0.5, 0.6) is 0 Å². The summed E-state index contributed by atoms with van der Waals surface area (Å²) in [6.07, 6.45) is 15.5. The third-order valence-corrected chi connectivity index (χ3v) is 15.2. The fourth-order valence-corrected chi connectivity index (χ4v) is 12.6. The zero-order chi connectivity index (χ0) is 31.6. The number of rotatable bonds is 28. The Bertz CT molecular complexity index is 610. The molecule has 0 amide bonds. The molecule has 2 saturated heterocycles. The fourth-order valence-electron chi connectivity index (χ4n) is 7.26. The Kier molecular flexibility index (Phi) is 19.3.